The molecule has 0 bridgehead atoms. The quantitative estimate of drug-likeness (QED) is 0.0262. The van der Waals surface area contributed by atoms with Crippen molar-refractivity contribution in [3.05, 3.63) is 85.1 Å². The third-order valence-electron chi connectivity index (χ3n) is 11.9. The number of carbonyl (C=O) groups is 3. The van der Waals surface area contributed by atoms with Gasteiger partial charge in [0.05, 0.1) is 0 Å². The molecular formula is C61H104O6. The van der Waals surface area contributed by atoms with E-state index in [9.17, 15) is 14.4 Å². The predicted octanol–water partition coefficient (Wildman–Crippen LogP) is 18.8. The van der Waals surface area contributed by atoms with Gasteiger partial charge in [0, 0.05) is 19.3 Å². The normalized spacial score (nSPS) is 12.7. The Morgan fingerprint density at radius 2 is 0.582 bits per heavy atom. The topological polar surface area (TPSA) is 78.9 Å². The van der Waals surface area contributed by atoms with E-state index in [2.05, 4.69) is 106 Å². The fourth-order valence-electron chi connectivity index (χ4n) is 7.68. The van der Waals surface area contributed by atoms with Crippen LogP contribution in [0.5, 0.6) is 0 Å². The molecule has 67 heavy (non-hydrogen) atoms. The summed E-state index contributed by atoms with van der Waals surface area (Å²) >= 11 is 0. The Balaban J connectivity index is 4.15. The Morgan fingerprint density at radius 1 is 0.313 bits per heavy atom. The molecule has 0 saturated carbocycles. The monoisotopic (exact) mass is 933 g/mol. The average molecular weight is 933 g/mol. The molecule has 0 spiro atoms. The van der Waals surface area contributed by atoms with E-state index >= 15 is 0 Å². The summed E-state index contributed by atoms with van der Waals surface area (Å²) < 4.78 is 16.7. The Hall–Kier alpha value is -3.41. The molecule has 0 aliphatic rings. The zero-order valence-corrected chi connectivity index (χ0v) is 43.9. The lowest BCUT2D eigenvalue weighted by Gasteiger charge is -2.18. The number of carbonyl (C=O) groups excluding carboxylic acids is 3. The minimum Gasteiger partial charge on any atom is -0.462 e. The first-order chi connectivity index (χ1) is 33.0. The molecule has 384 valence electrons. The van der Waals surface area contributed by atoms with Crippen LogP contribution in [-0.4, -0.2) is 37.2 Å². The molecule has 0 N–H and O–H groups in total. The maximum atomic E-state index is 12.8. The van der Waals surface area contributed by atoms with Gasteiger partial charge in [0.25, 0.3) is 0 Å². The van der Waals surface area contributed by atoms with Crippen molar-refractivity contribution in [2.45, 2.75) is 271 Å². The SMILES string of the molecule is CC/C=C\C/C=C\C/C=C\C/C=C\CCCCCCCCCCCCC(=O)OCC(COC(=O)CCCCCCC)OC(=O)CCCCCCCC/C=C\C/C=C\C/C=C\CCCCCCC. The minimum atomic E-state index is -0.782. The van der Waals surface area contributed by atoms with Crippen LogP contribution in [0, 0.1) is 0 Å². The first-order valence-corrected chi connectivity index (χ1v) is 28.1. The fraction of sp³-hybridized carbons (Fsp3) is 0.721. The Labute approximate surface area is 414 Å². The van der Waals surface area contributed by atoms with Crippen LogP contribution in [0.3, 0.4) is 0 Å². The van der Waals surface area contributed by atoms with Crippen molar-refractivity contribution in [2.75, 3.05) is 13.2 Å². The van der Waals surface area contributed by atoms with Gasteiger partial charge in [-0.2, -0.15) is 0 Å². The van der Waals surface area contributed by atoms with Gasteiger partial charge in [-0.25, -0.2) is 0 Å². The Morgan fingerprint density at radius 3 is 0.910 bits per heavy atom. The van der Waals surface area contributed by atoms with Gasteiger partial charge in [-0.3, -0.25) is 14.4 Å². The summed E-state index contributed by atoms with van der Waals surface area (Å²) in [6.07, 6.45) is 71.8. The van der Waals surface area contributed by atoms with Crippen LogP contribution in [-0.2, 0) is 28.6 Å². The van der Waals surface area contributed by atoms with Crippen molar-refractivity contribution in [3.63, 3.8) is 0 Å². The van der Waals surface area contributed by atoms with Gasteiger partial charge in [-0.15, -0.1) is 0 Å². The van der Waals surface area contributed by atoms with Crippen LogP contribution >= 0.6 is 0 Å². The van der Waals surface area contributed by atoms with Crippen LogP contribution < -0.4 is 0 Å². The summed E-state index contributed by atoms with van der Waals surface area (Å²) in [4.78, 5) is 37.8. The third kappa shape index (κ3) is 53.4. The van der Waals surface area contributed by atoms with E-state index in [1.54, 1.807) is 0 Å². The maximum Gasteiger partial charge on any atom is 0.306 e. The van der Waals surface area contributed by atoms with Crippen LogP contribution in [0.2, 0.25) is 0 Å². The molecule has 0 aliphatic carbocycles. The second-order valence-electron chi connectivity index (χ2n) is 18.5. The van der Waals surface area contributed by atoms with E-state index in [-0.39, 0.29) is 31.1 Å². The molecule has 1 unspecified atom stereocenters. The number of ether oxygens (including phenoxy) is 3. The van der Waals surface area contributed by atoms with E-state index in [4.69, 9.17) is 14.2 Å². The molecule has 0 radical (unpaired) electrons. The minimum absolute atomic E-state index is 0.0838. The van der Waals surface area contributed by atoms with Crippen molar-refractivity contribution in [3.8, 4) is 0 Å². The molecule has 0 aromatic heterocycles. The summed E-state index contributed by atoms with van der Waals surface area (Å²) in [5.41, 5.74) is 0. The summed E-state index contributed by atoms with van der Waals surface area (Å²) in [5, 5.41) is 0. The van der Waals surface area contributed by atoms with Crippen molar-refractivity contribution in [2.24, 2.45) is 0 Å². The number of unbranched alkanes of at least 4 members (excludes halogenated alkanes) is 25. The van der Waals surface area contributed by atoms with E-state index in [0.717, 1.165) is 116 Å². The van der Waals surface area contributed by atoms with Crippen LogP contribution in [0.4, 0.5) is 0 Å². The number of hydrogen-bond acceptors (Lipinski definition) is 6. The van der Waals surface area contributed by atoms with Crippen LogP contribution in [0.25, 0.3) is 0 Å². The number of allylic oxidation sites excluding steroid dienone is 14. The highest BCUT2D eigenvalue weighted by molar-refractivity contribution is 5.71. The molecule has 0 aliphatic heterocycles. The van der Waals surface area contributed by atoms with E-state index in [1.807, 2.05) is 0 Å². The second-order valence-corrected chi connectivity index (χ2v) is 18.5. The Kier molecular flexibility index (Phi) is 52.4. The lowest BCUT2D eigenvalue weighted by atomic mass is 10.1. The predicted molar refractivity (Wildman–Crippen MR) is 288 cm³/mol. The van der Waals surface area contributed by atoms with Gasteiger partial charge in [0.2, 0.25) is 0 Å². The largest absolute Gasteiger partial charge is 0.462 e. The highest BCUT2D eigenvalue weighted by Gasteiger charge is 2.19. The Bertz CT molecular complexity index is 1300. The summed E-state index contributed by atoms with van der Waals surface area (Å²) in [6.45, 7) is 6.42. The smallest absolute Gasteiger partial charge is 0.306 e. The summed E-state index contributed by atoms with van der Waals surface area (Å²) in [7, 11) is 0. The summed E-state index contributed by atoms with van der Waals surface area (Å²) in [5.74, 6) is -0.912. The number of esters is 3. The highest BCUT2D eigenvalue weighted by Crippen LogP contribution is 2.15. The molecule has 0 aromatic rings. The van der Waals surface area contributed by atoms with Gasteiger partial charge in [-0.1, -0.05) is 234 Å². The van der Waals surface area contributed by atoms with Crippen molar-refractivity contribution in [1.82, 2.24) is 0 Å². The first-order valence-electron chi connectivity index (χ1n) is 28.1. The van der Waals surface area contributed by atoms with Gasteiger partial charge in [-0.05, 0) is 96.3 Å². The van der Waals surface area contributed by atoms with Crippen molar-refractivity contribution >= 4 is 17.9 Å². The number of hydrogen-bond donors (Lipinski definition) is 0. The van der Waals surface area contributed by atoms with E-state index in [0.29, 0.717) is 19.3 Å². The van der Waals surface area contributed by atoms with Crippen molar-refractivity contribution in [1.29, 1.82) is 0 Å². The molecule has 0 aromatic carbocycles. The average Bonchev–Trinajstić information content (AvgIpc) is 3.33. The molecule has 0 amide bonds. The zero-order chi connectivity index (χ0) is 48.6. The van der Waals surface area contributed by atoms with Gasteiger partial charge >= 0.3 is 17.9 Å². The molecular weight excluding hydrogens is 829 g/mol. The van der Waals surface area contributed by atoms with E-state index < -0.39 is 6.10 Å². The molecule has 6 heteroatoms. The molecule has 0 saturated heterocycles. The van der Waals surface area contributed by atoms with Gasteiger partial charge in [0.15, 0.2) is 6.10 Å². The summed E-state index contributed by atoms with van der Waals surface area (Å²) in [6, 6.07) is 0. The van der Waals surface area contributed by atoms with Crippen LogP contribution in [0.15, 0.2) is 85.1 Å². The molecule has 0 heterocycles. The van der Waals surface area contributed by atoms with Crippen molar-refractivity contribution < 1.29 is 28.6 Å². The lowest BCUT2D eigenvalue weighted by molar-refractivity contribution is -0.167. The standard InChI is InChI=1S/C61H104O6/c1-4-7-10-13-15-17-19-21-23-25-27-29-30-32-33-35-37-39-41-43-45-48-51-54-60(63)66-57-58(56-65-59(62)53-50-47-12-9-6-3)67-61(64)55-52-49-46-44-42-40-38-36-34-31-28-26-24-22-20-18-16-14-11-8-5-2/h7,10,15,17,20-23,26-29,34,36,58H,4-6,8-9,11-14,16,18-19,24-25,30-33,35,37-57H2,1-3H3/b10-7-,17-15-,22-20-,23-21-,28-26-,29-27-,36-34-. The highest BCUT2D eigenvalue weighted by atomic mass is 16.6. The van der Waals surface area contributed by atoms with Crippen LogP contribution in [0.1, 0.15) is 265 Å². The number of rotatable bonds is 50. The van der Waals surface area contributed by atoms with E-state index in [1.165, 1.54) is 109 Å². The molecule has 0 rings (SSSR count). The zero-order valence-electron chi connectivity index (χ0n) is 43.9. The first kappa shape index (κ1) is 63.6. The second kappa shape index (κ2) is 55.2. The lowest BCUT2D eigenvalue weighted by Crippen LogP contribution is -2.30. The third-order valence-corrected chi connectivity index (χ3v) is 11.9. The fourth-order valence-corrected chi connectivity index (χ4v) is 7.68. The molecule has 0 fully saturated rings. The maximum absolute atomic E-state index is 12.8. The van der Waals surface area contributed by atoms with Gasteiger partial charge < -0.3 is 14.2 Å². The molecule has 6 nitrogen and oxygen atoms in total. The molecule has 1 atom stereocenters. The van der Waals surface area contributed by atoms with Gasteiger partial charge in [0.1, 0.15) is 13.2 Å².